The van der Waals surface area contributed by atoms with Gasteiger partial charge in [-0.05, 0) is 29.8 Å². The molecule has 78 valence electrons. The second kappa shape index (κ2) is 5.14. The predicted molar refractivity (Wildman–Crippen MR) is 55.9 cm³/mol. The molecule has 0 fully saturated rings. The van der Waals surface area contributed by atoms with E-state index in [-0.39, 0.29) is 12.0 Å². The maximum Gasteiger partial charge on any atom is 0.307 e. The van der Waals surface area contributed by atoms with E-state index >= 15 is 0 Å². The molecular formula is C9H13BrN2O2. The van der Waals surface area contributed by atoms with Gasteiger partial charge >= 0.3 is 5.97 Å². The first-order chi connectivity index (χ1) is 6.63. The molecule has 0 bridgehead atoms. The average Bonchev–Trinajstić information content (AvgIpc) is 2.52. The number of hydrogen-bond donors (Lipinski definition) is 0. The van der Waals surface area contributed by atoms with Crippen molar-refractivity contribution in [1.82, 2.24) is 9.78 Å². The molecule has 0 spiro atoms. The van der Waals surface area contributed by atoms with Crippen molar-refractivity contribution in [3.63, 3.8) is 0 Å². The Hall–Kier alpha value is -0.840. The topological polar surface area (TPSA) is 44.1 Å². The summed E-state index contributed by atoms with van der Waals surface area (Å²) in [5.74, 6) is -0.188. The number of halogens is 1. The highest BCUT2D eigenvalue weighted by Crippen LogP contribution is 2.14. The first kappa shape index (κ1) is 11.2. The van der Waals surface area contributed by atoms with E-state index in [2.05, 4.69) is 21.0 Å². The van der Waals surface area contributed by atoms with E-state index in [0.29, 0.717) is 13.0 Å². The number of ether oxygens (including phenoxy) is 1. The van der Waals surface area contributed by atoms with E-state index in [1.54, 1.807) is 17.8 Å². The van der Waals surface area contributed by atoms with Gasteiger partial charge in [0.15, 0.2) is 0 Å². The quantitative estimate of drug-likeness (QED) is 0.780. The van der Waals surface area contributed by atoms with Crippen LogP contribution in [0.4, 0.5) is 0 Å². The van der Waals surface area contributed by atoms with Gasteiger partial charge in [0.05, 0.1) is 29.7 Å². The summed E-state index contributed by atoms with van der Waals surface area (Å²) in [6, 6.07) is 0.0281. The van der Waals surface area contributed by atoms with Crippen LogP contribution in [-0.4, -0.2) is 22.4 Å². The fourth-order valence-corrected chi connectivity index (χ4v) is 1.41. The summed E-state index contributed by atoms with van der Waals surface area (Å²) in [6.45, 7) is 4.15. The fraction of sp³-hybridized carbons (Fsp3) is 0.556. The Balaban J connectivity index is 2.50. The van der Waals surface area contributed by atoms with Crippen LogP contribution in [0.15, 0.2) is 16.9 Å². The highest BCUT2D eigenvalue weighted by Gasteiger charge is 2.11. The van der Waals surface area contributed by atoms with E-state index in [9.17, 15) is 4.79 Å². The molecule has 1 aromatic rings. The molecule has 0 amide bonds. The minimum Gasteiger partial charge on any atom is -0.466 e. The van der Waals surface area contributed by atoms with Crippen LogP contribution in [0.3, 0.4) is 0 Å². The van der Waals surface area contributed by atoms with Gasteiger partial charge in [0.2, 0.25) is 0 Å². The molecule has 0 aliphatic carbocycles. The van der Waals surface area contributed by atoms with Crippen LogP contribution < -0.4 is 0 Å². The highest BCUT2D eigenvalue weighted by molar-refractivity contribution is 9.10. The number of carbonyl (C=O) groups is 1. The lowest BCUT2D eigenvalue weighted by Crippen LogP contribution is -2.13. The van der Waals surface area contributed by atoms with E-state index in [1.165, 1.54) is 0 Å². The summed E-state index contributed by atoms with van der Waals surface area (Å²) in [4.78, 5) is 11.2. The molecular weight excluding hydrogens is 248 g/mol. The van der Waals surface area contributed by atoms with Crippen LogP contribution in [0.25, 0.3) is 0 Å². The Bertz CT molecular complexity index is 312. The Morgan fingerprint density at radius 3 is 3.00 bits per heavy atom. The predicted octanol–water partition coefficient (Wildman–Crippen LogP) is 2.16. The number of hydrogen-bond acceptors (Lipinski definition) is 3. The third-order valence-corrected chi connectivity index (χ3v) is 2.20. The van der Waals surface area contributed by atoms with Gasteiger partial charge in [-0.25, -0.2) is 0 Å². The molecule has 1 atom stereocenters. The van der Waals surface area contributed by atoms with Crippen LogP contribution >= 0.6 is 15.9 Å². The number of aromatic nitrogens is 2. The summed E-state index contributed by atoms with van der Waals surface area (Å²) in [5.41, 5.74) is 0. The molecule has 1 heterocycles. The molecule has 5 heteroatoms. The maximum absolute atomic E-state index is 11.2. The standard InChI is InChI=1S/C9H13BrN2O2/c1-3-14-9(13)4-7(2)12-6-8(10)5-11-12/h5-7H,3-4H2,1-2H3. The molecule has 14 heavy (non-hydrogen) atoms. The molecule has 1 rings (SSSR count). The first-order valence-corrected chi connectivity index (χ1v) is 5.28. The van der Waals surface area contributed by atoms with Crippen molar-refractivity contribution >= 4 is 21.9 Å². The van der Waals surface area contributed by atoms with Gasteiger partial charge in [-0.2, -0.15) is 5.10 Å². The number of rotatable bonds is 4. The molecule has 0 aromatic carbocycles. The molecule has 0 saturated carbocycles. The zero-order chi connectivity index (χ0) is 10.6. The van der Waals surface area contributed by atoms with Crippen LogP contribution in [0, 0.1) is 0 Å². The summed E-state index contributed by atoms with van der Waals surface area (Å²) >= 11 is 3.30. The maximum atomic E-state index is 11.2. The largest absolute Gasteiger partial charge is 0.466 e. The van der Waals surface area contributed by atoms with Crippen molar-refractivity contribution in [3.8, 4) is 0 Å². The van der Waals surface area contributed by atoms with E-state index in [4.69, 9.17) is 4.74 Å². The molecule has 1 aromatic heterocycles. The summed E-state index contributed by atoms with van der Waals surface area (Å²) in [6.07, 6.45) is 3.88. The van der Waals surface area contributed by atoms with Gasteiger partial charge in [0.25, 0.3) is 0 Å². The van der Waals surface area contributed by atoms with Gasteiger partial charge < -0.3 is 4.74 Å². The van der Waals surface area contributed by atoms with Crippen LogP contribution in [0.5, 0.6) is 0 Å². The molecule has 0 aliphatic rings. The van der Waals surface area contributed by atoms with Crippen LogP contribution in [0.2, 0.25) is 0 Å². The first-order valence-electron chi connectivity index (χ1n) is 4.48. The Morgan fingerprint density at radius 1 is 1.79 bits per heavy atom. The lowest BCUT2D eigenvalue weighted by Gasteiger charge is -2.10. The minimum atomic E-state index is -0.188. The molecule has 0 aliphatic heterocycles. The van der Waals surface area contributed by atoms with Crippen LogP contribution in [-0.2, 0) is 9.53 Å². The van der Waals surface area contributed by atoms with Crippen molar-refractivity contribution in [2.24, 2.45) is 0 Å². The number of esters is 1. The smallest absolute Gasteiger partial charge is 0.307 e. The van der Waals surface area contributed by atoms with E-state index < -0.39 is 0 Å². The van der Waals surface area contributed by atoms with E-state index in [1.807, 2.05) is 13.1 Å². The zero-order valence-corrected chi connectivity index (χ0v) is 9.82. The van der Waals surface area contributed by atoms with Crippen molar-refractivity contribution in [1.29, 1.82) is 0 Å². The second-order valence-electron chi connectivity index (χ2n) is 3.00. The third kappa shape index (κ3) is 3.14. The molecule has 0 N–H and O–H groups in total. The summed E-state index contributed by atoms with van der Waals surface area (Å²) in [5, 5.41) is 4.09. The normalized spacial score (nSPS) is 12.5. The van der Waals surface area contributed by atoms with Crippen molar-refractivity contribution in [3.05, 3.63) is 16.9 Å². The van der Waals surface area contributed by atoms with Crippen LogP contribution in [0.1, 0.15) is 26.3 Å². The monoisotopic (exact) mass is 260 g/mol. The lowest BCUT2D eigenvalue weighted by molar-refractivity contribution is -0.143. The molecule has 0 radical (unpaired) electrons. The molecule has 4 nitrogen and oxygen atoms in total. The van der Waals surface area contributed by atoms with Gasteiger partial charge in [-0.15, -0.1) is 0 Å². The molecule has 0 saturated heterocycles. The zero-order valence-electron chi connectivity index (χ0n) is 8.24. The van der Waals surface area contributed by atoms with Gasteiger partial charge in [-0.1, -0.05) is 0 Å². The van der Waals surface area contributed by atoms with Gasteiger partial charge in [0.1, 0.15) is 0 Å². The fourth-order valence-electron chi connectivity index (χ4n) is 1.11. The highest BCUT2D eigenvalue weighted by atomic mass is 79.9. The number of carbonyl (C=O) groups excluding carboxylic acids is 1. The Kier molecular flexibility index (Phi) is 4.13. The lowest BCUT2D eigenvalue weighted by atomic mass is 10.2. The number of nitrogens with zero attached hydrogens (tertiary/aromatic N) is 2. The van der Waals surface area contributed by atoms with E-state index in [0.717, 1.165) is 4.47 Å². The summed E-state index contributed by atoms with van der Waals surface area (Å²) in [7, 11) is 0. The van der Waals surface area contributed by atoms with Crippen molar-refractivity contribution in [2.75, 3.05) is 6.61 Å². The third-order valence-electron chi connectivity index (χ3n) is 1.79. The Labute approximate surface area is 91.4 Å². The summed E-state index contributed by atoms with van der Waals surface area (Å²) < 4.78 is 7.50. The average molecular weight is 261 g/mol. The SMILES string of the molecule is CCOC(=O)CC(C)n1cc(Br)cn1. The minimum absolute atomic E-state index is 0.0281. The van der Waals surface area contributed by atoms with Gasteiger partial charge in [0, 0.05) is 6.20 Å². The second-order valence-corrected chi connectivity index (χ2v) is 3.91. The van der Waals surface area contributed by atoms with Gasteiger partial charge in [-0.3, -0.25) is 9.48 Å². The van der Waals surface area contributed by atoms with Crippen molar-refractivity contribution < 1.29 is 9.53 Å². The van der Waals surface area contributed by atoms with Crippen molar-refractivity contribution in [2.45, 2.75) is 26.3 Å². The molecule has 1 unspecified atom stereocenters. The Morgan fingerprint density at radius 2 is 2.50 bits per heavy atom.